The molecule has 0 aliphatic heterocycles. The lowest BCUT2D eigenvalue weighted by molar-refractivity contribution is 0.628. The zero-order valence-corrected chi connectivity index (χ0v) is 16.6. The first kappa shape index (κ1) is 18.6. The molecule has 0 spiro atoms. The SMILES string of the molecule is N#Cc1c(Cl)nsc1Sc1nnc(-c2ccc(F)cc2)n1Cc1ccccc1. The topological polar surface area (TPSA) is 67.4 Å². The van der Waals surface area contributed by atoms with Gasteiger partial charge in [-0.1, -0.05) is 41.9 Å². The highest BCUT2D eigenvalue weighted by Crippen LogP contribution is 2.37. The molecule has 4 aromatic rings. The number of nitrogens with zero attached hydrogens (tertiary/aromatic N) is 5. The van der Waals surface area contributed by atoms with E-state index in [1.54, 1.807) is 12.1 Å². The Morgan fingerprint density at radius 2 is 1.86 bits per heavy atom. The van der Waals surface area contributed by atoms with Crippen LogP contribution >= 0.6 is 34.9 Å². The zero-order valence-electron chi connectivity index (χ0n) is 14.2. The van der Waals surface area contributed by atoms with Gasteiger partial charge in [-0.15, -0.1) is 10.2 Å². The van der Waals surface area contributed by atoms with Crippen LogP contribution in [0.1, 0.15) is 11.1 Å². The van der Waals surface area contributed by atoms with Gasteiger partial charge in [-0.3, -0.25) is 4.57 Å². The molecule has 138 valence electrons. The zero-order chi connectivity index (χ0) is 19.5. The smallest absolute Gasteiger partial charge is 0.197 e. The first-order valence-corrected chi connectivity index (χ1v) is 10.1. The van der Waals surface area contributed by atoms with Crippen molar-refractivity contribution >= 4 is 34.9 Å². The minimum atomic E-state index is -0.314. The van der Waals surface area contributed by atoms with Gasteiger partial charge in [0.2, 0.25) is 0 Å². The highest BCUT2D eigenvalue weighted by Gasteiger charge is 2.20. The molecule has 0 fully saturated rings. The molecule has 0 N–H and O–H groups in total. The number of hydrogen-bond acceptors (Lipinski definition) is 6. The fraction of sp³-hybridized carbons (Fsp3) is 0.0526. The fourth-order valence-electron chi connectivity index (χ4n) is 2.59. The maximum absolute atomic E-state index is 13.3. The van der Waals surface area contributed by atoms with Crippen molar-refractivity contribution in [2.75, 3.05) is 0 Å². The monoisotopic (exact) mass is 427 g/mol. The first-order chi connectivity index (χ1) is 13.7. The van der Waals surface area contributed by atoms with E-state index in [9.17, 15) is 9.65 Å². The average molecular weight is 428 g/mol. The van der Waals surface area contributed by atoms with E-state index in [0.717, 1.165) is 22.7 Å². The van der Waals surface area contributed by atoms with Crippen molar-refractivity contribution in [3.63, 3.8) is 0 Å². The quantitative estimate of drug-likeness (QED) is 0.434. The standard InChI is InChI=1S/C19H11ClFN5S2/c20-16-15(10-22)18(28-25-16)27-19-24-23-17(13-6-8-14(21)9-7-13)26(19)11-12-4-2-1-3-5-12/h1-9H,11H2. The highest BCUT2D eigenvalue weighted by atomic mass is 35.5. The second-order valence-corrected chi connectivity index (χ2v) is 8.10. The molecular weight excluding hydrogens is 417 g/mol. The highest BCUT2D eigenvalue weighted by molar-refractivity contribution is 8.01. The lowest BCUT2D eigenvalue weighted by Gasteiger charge is -2.10. The predicted molar refractivity (Wildman–Crippen MR) is 107 cm³/mol. The molecule has 0 amide bonds. The maximum atomic E-state index is 13.3. The van der Waals surface area contributed by atoms with Crippen LogP contribution in [0.4, 0.5) is 4.39 Å². The summed E-state index contributed by atoms with van der Waals surface area (Å²) in [5, 5.41) is 18.7. The van der Waals surface area contributed by atoms with Gasteiger partial charge in [-0.05, 0) is 53.1 Å². The molecule has 0 aliphatic carbocycles. The molecule has 0 aliphatic rings. The Hall–Kier alpha value is -2.73. The molecule has 2 heterocycles. The van der Waals surface area contributed by atoms with Crippen LogP contribution in [0.5, 0.6) is 0 Å². The summed E-state index contributed by atoms with van der Waals surface area (Å²) in [6.07, 6.45) is 0. The Kier molecular flexibility index (Phi) is 5.39. The number of halogens is 2. The molecule has 2 aromatic heterocycles. The van der Waals surface area contributed by atoms with Gasteiger partial charge in [0.05, 0.1) is 6.54 Å². The molecule has 9 heteroatoms. The minimum Gasteiger partial charge on any atom is -0.297 e. The molecule has 28 heavy (non-hydrogen) atoms. The lowest BCUT2D eigenvalue weighted by Crippen LogP contribution is -2.04. The third kappa shape index (κ3) is 3.78. The Labute approximate surface area is 173 Å². The van der Waals surface area contributed by atoms with Crippen LogP contribution in [0.15, 0.2) is 64.0 Å². The Balaban J connectivity index is 1.77. The third-order valence-electron chi connectivity index (χ3n) is 3.92. The van der Waals surface area contributed by atoms with Crippen molar-refractivity contribution < 1.29 is 4.39 Å². The van der Waals surface area contributed by atoms with Crippen molar-refractivity contribution in [1.29, 1.82) is 5.26 Å². The molecule has 0 atom stereocenters. The van der Waals surface area contributed by atoms with Crippen molar-refractivity contribution in [2.45, 2.75) is 15.9 Å². The van der Waals surface area contributed by atoms with E-state index in [0.29, 0.717) is 27.3 Å². The van der Waals surface area contributed by atoms with E-state index < -0.39 is 0 Å². The van der Waals surface area contributed by atoms with Gasteiger partial charge in [0.15, 0.2) is 16.1 Å². The molecule has 2 aromatic carbocycles. The molecule has 0 bridgehead atoms. The van der Waals surface area contributed by atoms with Crippen molar-refractivity contribution in [3.05, 3.63) is 76.7 Å². The normalized spacial score (nSPS) is 10.8. The molecule has 5 nitrogen and oxygen atoms in total. The summed E-state index contributed by atoms with van der Waals surface area (Å²) in [5.41, 5.74) is 2.14. The molecule has 4 rings (SSSR count). The van der Waals surface area contributed by atoms with E-state index >= 15 is 0 Å². The van der Waals surface area contributed by atoms with E-state index in [4.69, 9.17) is 11.6 Å². The summed E-state index contributed by atoms with van der Waals surface area (Å²) in [6, 6.07) is 18.1. The molecular formula is C19H11ClFN5S2. The van der Waals surface area contributed by atoms with Crippen LogP contribution in [-0.4, -0.2) is 19.1 Å². The van der Waals surface area contributed by atoms with Crippen LogP contribution in [0.25, 0.3) is 11.4 Å². The molecule has 0 radical (unpaired) electrons. The van der Waals surface area contributed by atoms with E-state index in [-0.39, 0.29) is 11.0 Å². The van der Waals surface area contributed by atoms with Crippen LogP contribution in [0.3, 0.4) is 0 Å². The number of benzene rings is 2. The third-order valence-corrected chi connectivity index (χ3v) is 6.28. The van der Waals surface area contributed by atoms with Crippen molar-refractivity contribution in [2.24, 2.45) is 0 Å². The van der Waals surface area contributed by atoms with Crippen molar-refractivity contribution in [3.8, 4) is 17.5 Å². The largest absolute Gasteiger partial charge is 0.297 e. The molecule has 0 unspecified atom stereocenters. The van der Waals surface area contributed by atoms with Gasteiger partial charge >= 0.3 is 0 Å². The van der Waals surface area contributed by atoms with Gasteiger partial charge in [-0.2, -0.15) is 9.64 Å². The number of nitriles is 1. The van der Waals surface area contributed by atoms with Gasteiger partial charge in [-0.25, -0.2) is 4.39 Å². The fourth-order valence-corrected chi connectivity index (χ4v) is 4.66. The second-order valence-electron chi connectivity index (χ2n) is 5.73. The van der Waals surface area contributed by atoms with Crippen molar-refractivity contribution in [1.82, 2.24) is 19.1 Å². The van der Waals surface area contributed by atoms with Gasteiger partial charge < -0.3 is 0 Å². The second kappa shape index (κ2) is 8.10. The van der Waals surface area contributed by atoms with E-state index in [1.165, 1.54) is 23.9 Å². The summed E-state index contributed by atoms with van der Waals surface area (Å²) in [7, 11) is 0. The average Bonchev–Trinajstić information content (AvgIpc) is 3.27. The summed E-state index contributed by atoms with van der Waals surface area (Å²) in [4.78, 5) is 0. The Morgan fingerprint density at radius 1 is 1.11 bits per heavy atom. The van der Waals surface area contributed by atoms with Crippen LogP contribution in [-0.2, 0) is 6.54 Å². The Bertz CT molecular complexity index is 1150. The minimum absolute atomic E-state index is 0.183. The molecule has 0 saturated carbocycles. The molecule has 0 saturated heterocycles. The summed E-state index contributed by atoms with van der Waals surface area (Å²) >= 11 is 8.42. The van der Waals surface area contributed by atoms with Crippen LogP contribution < -0.4 is 0 Å². The van der Waals surface area contributed by atoms with Gasteiger partial charge in [0, 0.05) is 5.56 Å². The summed E-state index contributed by atoms with van der Waals surface area (Å²) in [6.45, 7) is 0.525. The predicted octanol–water partition coefficient (Wildman–Crippen LogP) is 5.27. The van der Waals surface area contributed by atoms with Crippen LogP contribution in [0, 0.1) is 17.1 Å². The lowest BCUT2D eigenvalue weighted by atomic mass is 10.2. The summed E-state index contributed by atoms with van der Waals surface area (Å²) in [5.74, 6) is 0.297. The number of hydrogen-bond donors (Lipinski definition) is 0. The van der Waals surface area contributed by atoms with Gasteiger partial charge in [0.1, 0.15) is 21.7 Å². The van der Waals surface area contributed by atoms with E-state index in [2.05, 4.69) is 20.6 Å². The Morgan fingerprint density at radius 3 is 2.57 bits per heavy atom. The van der Waals surface area contributed by atoms with Gasteiger partial charge in [0.25, 0.3) is 0 Å². The van der Waals surface area contributed by atoms with E-state index in [1.807, 2.05) is 34.9 Å². The first-order valence-electron chi connectivity index (χ1n) is 8.12. The number of rotatable bonds is 5. The van der Waals surface area contributed by atoms with Crippen LogP contribution in [0.2, 0.25) is 5.15 Å². The summed E-state index contributed by atoms with van der Waals surface area (Å²) < 4.78 is 20.0. The number of aromatic nitrogens is 4. The maximum Gasteiger partial charge on any atom is 0.197 e.